The zero-order chi connectivity index (χ0) is 10.7. The quantitative estimate of drug-likeness (QED) is 0.654. The van der Waals surface area contributed by atoms with Gasteiger partial charge in [-0.2, -0.15) is 0 Å². The lowest BCUT2D eigenvalue weighted by atomic mass is 10.2. The summed E-state index contributed by atoms with van der Waals surface area (Å²) in [5.41, 5.74) is 5.83. The molecule has 76 valence electrons. The Labute approximate surface area is 89.2 Å². The number of rotatable bonds is 2. The Bertz CT molecular complexity index is 368. The van der Waals surface area contributed by atoms with E-state index in [0.29, 0.717) is 5.56 Å². The van der Waals surface area contributed by atoms with Crippen LogP contribution in [0.15, 0.2) is 16.6 Å². The zero-order valence-corrected chi connectivity index (χ0v) is 9.10. The molecule has 0 fully saturated rings. The molecule has 5 heteroatoms. The summed E-state index contributed by atoms with van der Waals surface area (Å²) in [4.78, 5) is 10.7. The minimum atomic E-state index is -0.460. The van der Waals surface area contributed by atoms with Crippen LogP contribution in [-0.2, 0) is 11.3 Å². The monoisotopic (exact) mass is 261 g/mol. The number of ether oxygens (including phenoxy) is 1. The number of nitrogens with two attached hydrogens (primary N) is 1. The number of esters is 1. The summed E-state index contributed by atoms with van der Waals surface area (Å²) in [7, 11) is 0. The Hall–Kier alpha value is -0.940. The van der Waals surface area contributed by atoms with Gasteiger partial charge in [-0.15, -0.1) is 0 Å². The molecule has 0 radical (unpaired) electrons. The van der Waals surface area contributed by atoms with Crippen LogP contribution in [0.4, 0.5) is 4.39 Å². The van der Waals surface area contributed by atoms with Crippen molar-refractivity contribution in [2.75, 3.05) is 0 Å². The molecule has 14 heavy (non-hydrogen) atoms. The van der Waals surface area contributed by atoms with Gasteiger partial charge in [-0.05, 0) is 28.1 Å². The highest BCUT2D eigenvalue weighted by atomic mass is 79.9. The van der Waals surface area contributed by atoms with E-state index in [4.69, 9.17) is 10.5 Å². The van der Waals surface area contributed by atoms with Gasteiger partial charge in [-0.1, -0.05) is 0 Å². The maximum Gasteiger partial charge on any atom is 0.308 e. The van der Waals surface area contributed by atoms with Crippen LogP contribution < -0.4 is 10.5 Å². The molecule has 0 aliphatic carbocycles. The van der Waals surface area contributed by atoms with Crippen molar-refractivity contribution >= 4 is 21.9 Å². The third kappa shape index (κ3) is 2.52. The summed E-state index contributed by atoms with van der Waals surface area (Å²) in [6, 6.07) is 2.63. The number of hydrogen-bond donors (Lipinski definition) is 1. The molecule has 0 aromatic heterocycles. The maximum absolute atomic E-state index is 13.0. The highest BCUT2D eigenvalue weighted by Gasteiger charge is 2.09. The van der Waals surface area contributed by atoms with E-state index in [1.807, 2.05) is 0 Å². The molecule has 2 N–H and O–H groups in total. The standard InChI is InChI=1S/C9H9BrFNO2/c1-5(13)14-9-3-7(10)8(11)2-6(9)4-12/h2-3H,4,12H2,1H3. The van der Waals surface area contributed by atoms with Gasteiger partial charge in [-0.25, -0.2) is 4.39 Å². The van der Waals surface area contributed by atoms with Crippen LogP contribution in [-0.4, -0.2) is 5.97 Å². The molecule has 0 bridgehead atoms. The summed E-state index contributed by atoms with van der Waals surface area (Å²) in [5.74, 6) is -0.604. The van der Waals surface area contributed by atoms with Crippen molar-refractivity contribution in [2.24, 2.45) is 5.73 Å². The molecule has 0 spiro atoms. The predicted molar refractivity (Wildman–Crippen MR) is 53.3 cm³/mol. The first-order valence-corrected chi connectivity index (χ1v) is 4.70. The molecule has 0 aliphatic rings. The normalized spacial score (nSPS) is 10.0. The highest BCUT2D eigenvalue weighted by molar-refractivity contribution is 9.10. The number of carbonyl (C=O) groups is 1. The van der Waals surface area contributed by atoms with Gasteiger partial charge in [-0.3, -0.25) is 4.79 Å². The molecular formula is C9H9BrFNO2. The van der Waals surface area contributed by atoms with Gasteiger partial charge in [0.05, 0.1) is 4.47 Å². The smallest absolute Gasteiger partial charge is 0.308 e. The van der Waals surface area contributed by atoms with E-state index in [2.05, 4.69) is 15.9 Å². The second-order valence-corrected chi connectivity index (χ2v) is 3.53. The Kier molecular flexibility index (Phi) is 3.60. The van der Waals surface area contributed by atoms with E-state index < -0.39 is 11.8 Å². The van der Waals surface area contributed by atoms with Crippen molar-refractivity contribution < 1.29 is 13.9 Å². The van der Waals surface area contributed by atoms with Crippen LogP contribution in [0.25, 0.3) is 0 Å². The van der Waals surface area contributed by atoms with Crippen molar-refractivity contribution in [1.29, 1.82) is 0 Å². The molecule has 1 rings (SSSR count). The summed E-state index contributed by atoms with van der Waals surface area (Å²) in [6.45, 7) is 1.39. The van der Waals surface area contributed by atoms with Crippen LogP contribution in [0.3, 0.4) is 0 Å². The average Bonchev–Trinajstić information content (AvgIpc) is 2.10. The molecule has 0 amide bonds. The van der Waals surface area contributed by atoms with Gasteiger partial charge in [0, 0.05) is 19.0 Å². The van der Waals surface area contributed by atoms with Gasteiger partial charge in [0.15, 0.2) is 0 Å². The van der Waals surface area contributed by atoms with E-state index in [9.17, 15) is 9.18 Å². The third-order valence-electron chi connectivity index (χ3n) is 1.58. The van der Waals surface area contributed by atoms with Crippen molar-refractivity contribution in [3.8, 4) is 5.75 Å². The van der Waals surface area contributed by atoms with Crippen LogP contribution >= 0.6 is 15.9 Å². The first kappa shape index (κ1) is 11.1. The lowest BCUT2D eigenvalue weighted by molar-refractivity contribution is -0.131. The van der Waals surface area contributed by atoms with Crippen molar-refractivity contribution in [1.82, 2.24) is 0 Å². The van der Waals surface area contributed by atoms with E-state index in [-0.39, 0.29) is 16.8 Å². The van der Waals surface area contributed by atoms with E-state index in [0.717, 1.165) is 0 Å². The lowest BCUT2D eigenvalue weighted by Gasteiger charge is -2.08. The van der Waals surface area contributed by atoms with E-state index in [1.54, 1.807) is 0 Å². The summed E-state index contributed by atoms with van der Waals surface area (Å²) in [6.07, 6.45) is 0. The Balaban J connectivity index is 3.13. The van der Waals surface area contributed by atoms with Crippen LogP contribution in [0.1, 0.15) is 12.5 Å². The van der Waals surface area contributed by atoms with Gasteiger partial charge in [0.25, 0.3) is 0 Å². The Morgan fingerprint density at radius 2 is 2.29 bits per heavy atom. The minimum absolute atomic E-state index is 0.118. The average molecular weight is 262 g/mol. The zero-order valence-electron chi connectivity index (χ0n) is 7.51. The maximum atomic E-state index is 13.0. The van der Waals surface area contributed by atoms with Gasteiger partial charge < -0.3 is 10.5 Å². The largest absolute Gasteiger partial charge is 0.426 e. The summed E-state index contributed by atoms with van der Waals surface area (Å²) >= 11 is 2.99. The van der Waals surface area contributed by atoms with Gasteiger partial charge >= 0.3 is 5.97 Å². The molecule has 1 aromatic rings. The molecule has 0 saturated heterocycles. The van der Waals surface area contributed by atoms with Crippen molar-refractivity contribution in [2.45, 2.75) is 13.5 Å². The second-order valence-electron chi connectivity index (χ2n) is 2.67. The van der Waals surface area contributed by atoms with Crippen LogP contribution in [0, 0.1) is 5.82 Å². The third-order valence-corrected chi connectivity index (χ3v) is 2.18. The highest BCUT2D eigenvalue weighted by Crippen LogP contribution is 2.26. The summed E-state index contributed by atoms with van der Waals surface area (Å²) in [5, 5.41) is 0. The first-order valence-electron chi connectivity index (χ1n) is 3.91. The molecule has 0 aliphatic heterocycles. The van der Waals surface area contributed by atoms with Gasteiger partial charge in [0.2, 0.25) is 0 Å². The molecule has 0 unspecified atom stereocenters. The number of hydrogen-bond acceptors (Lipinski definition) is 3. The first-order chi connectivity index (χ1) is 6.54. The van der Waals surface area contributed by atoms with Crippen molar-refractivity contribution in [3.63, 3.8) is 0 Å². The van der Waals surface area contributed by atoms with E-state index >= 15 is 0 Å². The molecule has 0 saturated carbocycles. The molecule has 0 heterocycles. The van der Waals surface area contributed by atoms with Crippen molar-refractivity contribution in [3.05, 3.63) is 28.0 Å². The van der Waals surface area contributed by atoms with Gasteiger partial charge in [0.1, 0.15) is 11.6 Å². The fourth-order valence-corrected chi connectivity index (χ4v) is 1.30. The number of halogens is 2. The Morgan fingerprint density at radius 1 is 1.64 bits per heavy atom. The number of benzene rings is 1. The molecule has 0 atom stereocenters. The Morgan fingerprint density at radius 3 is 2.79 bits per heavy atom. The fourth-order valence-electron chi connectivity index (χ4n) is 0.979. The summed E-state index contributed by atoms with van der Waals surface area (Å²) < 4.78 is 18.1. The van der Waals surface area contributed by atoms with Crippen LogP contribution in [0.2, 0.25) is 0 Å². The SMILES string of the molecule is CC(=O)Oc1cc(Br)c(F)cc1CN. The van der Waals surface area contributed by atoms with E-state index in [1.165, 1.54) is 19.1 Å². The predicted octanol–water partition coefficient (Wildman–Crippen LogP) is 1.97. The fraction of sp³-hybridized carbons (Fsp3) is 0.222. The lowest BCUT2D eigenvalue weighted by Crippen LogP contribution is -2.07. The topological polar surface area (TPSA) is 52.3 Å². The number of carbonyl (C=O) groups excluding carboxylic acids is 1. The second kappa shape index (κ2) is 4.52. The molecular weight excluding hydrogens is 253 g/mol. The molecule has 3 nitrogen and oxygen atoms in total. The van der Waals surface area contributed by atoms with Crippen LogP contribution in [0.5, 0.6) is 5.75 Å². The molecule has 1 aromatic carbocycles. The minimum Gasteiger partial charge on any atom is -0.426 e.